The molecule has 110 valence electrons. The fraction of sp³-hybridized carbons (Fsp3) is 0.857. The topological polar surface area (TPSA) is 55.8 Å². The first-order valence-corrected chi connectivity index (χ1v) is 6.78. The lowest BCUT2D eigenvalue weighted by Gasteiger charge is -2.35. The summed E-state index contributed by atoms with van der Waals surface area (Å²) in [6, 6.07) is 0.0488. The molecule has 1 aliphatic rings. The summed E-state index contributed by atoms with van der Waals surface area (Å²) >= 11 is 0. The van der Waals surface area contributed by atoms with Crippen molar-refractivity contribution in [1.29, 1.82) is 0 Å². The maximum absolute atomic E-state index is 12.0. The van der Waals surface area contributed by atoms with E-state index in [9.17, 15) is 9.59 Å². The molecule has 5 nitrogen and oxygen atoms in total. The highest BCUT2D eigenvalue weighted by Gasteiger charge is 2.33. The van der Waals surface area contributed by atoms with Crippen LogP contribution < -0.4 is 0 Å². The Morgan fingerprint density at radius 1 is 1.21 bits per heavy atom. The maximum Gasteiger partial charge on any atom is 0.410 e. The normalized spacial score (nSPS) is 23.6. The van der Waals surface area contributed by atoms with Crippen LogP contribution in [0, 0.1) is 5.92 Å². The second-order valence-corrected chi connectivity index (χ2v) is 6.13. The zero-order valence-corrected chi connectivity index (χ0v) is 12.6. The zero-order chi connectivity index (χ0) is 14.6. The molecular formula is C14H25NO4. The van der Waals surface area contributed by atoms with Crippen LogP contribution in [0.5, 0.6) is 0 Å². The molecule has 2 atom stereocenters. The van der Waals surface area contributed by atoms with E-state index in [0.29, 0.717) is 6.42 Å². The van der Waals surface area contributed by atoms with Crippen molar-refractivity contribution in [3.05, 3.63) is 0 Å². The van der Waals surface area contributed by atoms with Gasteiger partial charge >= 0.3 is 12.1 Å². The molecule has 0 spiro atoms. The molecule has 1 fully saturated rings. The third-order valence-electron chi connectivity index (χ3n) is 3.41. The molecule has 0 aromatic rings. The highest BCUT2D eigenvalue weighted by atomic mass is 16.6. The van der Waals surface area contributed by atoms with Crippen LogP contribution in [0.25, 0.3) is 0 Å². The Morgan fingerprint density at radius 2 is 1.84 bits per heavy atom. The van der Waals surface area contributed by atoms with Gasteiger partial charge in [0.15, 0.2) is 0 Å². The maximum atomic E-state index is 12.0. The van der Waals surface area contributed by atoms with Crippen molar-refractivity contribution >= 4 is 12.1 Å². The molecule has 1 aliphatic carbocycles. The van der Waals surface area contributed by atoms with E-state index in [0.717, 1.165) is 19.3 Å². The van der Waals surface area contributed by atoms with E-state index in [1.807, 2.05) is 20.8 Å². The lowest BCUT2D eigenvalue weighted by molar-refractivity contribution is -0.147. The van der Waals surface area contributed by atoms with Gasteiger partial charge in [0.25, 0.3) is 0 Å². The number of nitrogens with zero attached hydrogens (tertiary/aromatic N) is 1. The summed E-state index contributed by atoms with van der Waals surface area (Å²) < 4.78 is 10.1. The highest BCUT2D eigenvalue weighted by molar-refractivity contribution is 5.73. The van der Waals surface area contributed by atoms with Gasteiger partial charge < -0.3 is 14.4 Å². The van der Waals surface area contributed by atoms with Gasteiger partial charge in [0.05, 0.1) is 13.0 Å². The van der Waals surface area contributed by atoms with Gasteiger partial charge in [-0.2, -0.15) is 0 Å². The second-order valence-electron chi connectivity index (χ2n) is 6.13. The van der Waals surface area contributed by atoms with Crippen molar-refractivity contribution in [3.63, 3.8) is 0 Å². The fourth-order valence-corrected chi connectivity index (χ4v) is 2.38. The molecule has 2 unspecified atom stereocenters. The first-order valence-electron chi connectivity index (χ1n) is 6.78. The van der Waals surface area contributed by atoms with Gasteiger partial charge in [-0.05, 0) is 40.0 Å². The molecular weight excluding hydrogens is 246 g/mol. The van der Waals surface area contributed by atoms with Gasteiger partial charge in [0.1, 0.15) is 5.60 Å². The van der Waals surface area contributed by atoms with Gasteiger partial charge in [-0.1, -0.05) is 6.42 Å². The molecule has 0 aliphatic heterocycles. The second kappa shape index (κ2) is 6.26. The van der Waals surface area contributed by atoms with Crippen LogP contribution in [0.2, 0.25) is 0 Å². The summed E-state index contributed by atoms with van der Waals surface area (Å²) in [6.07, 6.45) is 3.00. The molecule has 0 N–H and O–H groups in total. The summed E-state index contributed by atoms with van der Waals surface area (Å²) in [5.74, 6) is -0.282. The van der Waals surface area contributed by atoms with Gasteiger partial charge in [0, 0.05) is 13.1 Å². The number of hydrogen-bond donors (Lipinski definition) is 0. The minimum Gasteiger partial charge on any atom is -0.469 e. The fourth-order valence-electron chi connectivity index (χ4n) is 2.38. The number of methoxy groups -OCH3 is 1. The molecule has 19 heavy (non-hydrogen) atoms. The standard InChI is InChI=1S/C14H25NO4/c1-14(2,3)19-13(17)15(4)11-8-6-7-10(9-11)12(16)18-5/h10-11H,6-9H2,1-5H3. The summed E-state index contributed by atoms with van der Waals surface area (Å²) in [6.45, 7) is 5.53. The summed E-state index contributed by atoms with van der Waals surface area (Å²) in [7, 11) is 3.14. The Balaban J connectivity index is 2.59. The van der Waals surface area contributed by atoms with Gasteiger partial charge in [-0.15, -0.1) is 0 Å². The monoisotopic (exact) mass is 271 g/mol. The molecule has 0 aromatic heterocycles. The first-order chi connectivity index (χ1) is 8.74. The van der Waals surface area contributed by atoms with E-state index in [2.05, 4.69) is 0 Å². The number of carbonyl (C=O) groups excluding carboxylic acids is 2. The number of carbonyl (C=O) groups is 2. The van der Waals surface area contributed by atoms with E-state index >= 15 is 0 Å². The predicted molar refractivity (Wildman–Crippen MR) is 71.8 cm³/mol. The van der Waals surface area contributed by atoms with Crippen LogP contribution in [-0.4, -0.2) is 42.8 Å². The molecule has 5 heteroatoms. The molecule has 0 radical (unpaired) electrons. The van der Waals surface area contributed by atoms with Gasteiger partial charge in [-0.3, -0.25) is 4.79 Å². The Hall–Kier alpha value is -1.26. The number of esters is 1. The highest BCUT2D eigenvalue weighted by Crippen LogP contribution is 2.28. The van der Waals surface area contributed by atoms with Crippen molar-refractivity contribution in [2.75, 3.05) is 14.2 Å². The summed E-state index contributed by atoms with van der Waals surface area (Å²) in [5, 5.41) is 0. The van der Waals surface area contributed by atoms with E-state index < -0.39 is 5.60 Å². The van der Waals surface area contributed by atoms with Crippen molar-refractivity contribution in [2.45, 2.75) is 58.1 Å². The van der Waals surface area contributed by atoms with E-state index in [1.54, 1.807) is 11.9 Å². The van der Waals surface area contributed by atoms with Crippen LogP contribution in [0.3, 0.4) is 0 Å². The Morgan fingerprint density at radius 3 is 2.37 bits per heavy atom. The smallest absolute Gasteiger partial charge is 0.410 e. The van der Waals surface area contributed by atoms with Crippen LogP contribution >= 0.6 is 0 Å². The van der Waals surface area contributed by atoms with Crippen LogP contribution in [0.4, 0.5) is 4.79 Å². The Kier molecular flexibility index (Phi) is 5.20. The third-order valence-corrected chi connectivity index (χ3v) is 3.41. The van der Waals surface area contributed by atoms with Crippen molar-refractivity contribution in [3.8, 4) is 0 Å². The van der Waals surface area contributed by atoms with Crippen LogP contribution in [0.15, 0.2) is 0 Å². The number of hydrogen-bond acceptors (Lipinski definition) is 4. The average molecular weight is 271 g/mol. The molecule has 1 rings (SSSR count). The Bertz CT molecular complexity index is 335. The first kappa shape index (κ1) is 15.8. The number of ether oxygens (including phenoxy) is 2. The minimum absolute atomic E-state index is 0.0488. The van der Waals surface area contributed by atoms with E-state index in [-0.39, 0.29) is 24.0 Å². The van der Waals surface area contributed by atoms with Crippen LogP contribution in [-0.2, 0) is 14.3 Å². The average Bonchev–Trinajstić information content (AvgIpc) is 2.35. The number of rotatable bonds is 2. The van der Waals surface area contributed by atoms with Gasteiger partial charge in [-0.25, -0.2) is 4.79 Å². The predicted octanol–water partition coefficient (Wildman–Crippen LogP) is 2.59. The van der Waals surface area contributed by atoms with Crippen molar-refractivity contribution in [2.24, 2.45) is 5.92 Å². The van der Waals surface area contributed by atoms with Crippen molar-refractivity contribution in [1.82, 2.24) is 4.90 Å². The lowest BCUT2D eigenvalue weighted by atomic mass is 9.85. The molecule has 1 amide bonds. The molecule has 1 saturated carbocycles. The summed E-state index contributed by atoms with van der Waals surface area (Å²) in [4.78, 5) is 25.2. The third kappa shape index (κ3) is 4.73. The summed E-state index contributed by atoms with van der Waals surface area (Å²) in [5.41, 5.74) is -0.498. The lowest BCUT2D eigenvalue weighted by Crippen LogP contribution is -2.43. The van der Waals surface area contributed by atoms with E-state index in [1.165, 1.54) is 7.11 Å². The molecule has 0 heterocycles. The Labute approximate surface area is 115 Å². The zero-order valence-electron chi connectivity index (χ0n) is 12.6. The quantitative estimate of drug-likeness (QED) is 0.724. The molecule has 0 bridgehead atoms. The SMILES string of the molecule is COC(=O)C1CCCC(N(C)C(=O)OC(C)(C)C)C1. The van der Waals surface area contributed by atoms with E-state index in [4.69, 9.17) is 9.47 Å². The van der Waals surface area contributed by atoms with Crippen molar-refractivity contribution < 1.29 is 19.1 Å². The minimum atomic E-state index is -0.498. The number of amides is 1. The van der Waals surface area contributed by atoms with Crippen LogP contribution in [0.1, 0.15) is 46.5 Å². The molecule has 0 aromatic carbocycles. The molecule has 0 saturated heterocycles. The van der Waals surface area contributed by atoms with Gasteiger partial charge in [0.2, 0.25) is 0 Å². The largest absolute Gasteiger partial charge is 0.469 e.